The fourth-order valence-corrected chi connectivity index (χ4v) is 6.61. The lowest BCUT2D eigenvalue weighted by Gasteiger charge is -2.53. The number of primary amides is 1. The number of carbonyl (C=O) groups is 3. The number of phenols is 1. The normalized spacial score (nSPS) is 27.7. The molecule has 1 aromatic rings. The molecule has 15 nitrogen and oxygen atoms in total. The van der Waals surface area contributed by atoms with E-state index in [1.165, 1.54) is 39.3 Å². The Kier molecular flexibility index (Phi) is 11.5. The highest BCUT2D eigenvalue weighted by Crippen LogP contribution is 2.56. The standard InChI is InChI=1S/C22H24N2O8.C4H7Cl2O4P.H2O/c1-7-8-5-4-6-9(25)11(8)16(26)12-10(7)17(27)14-15(24(2)3)18(28)13(21(23)31)20(30)22(14,32)19(12)29;1-8-11(7,9-2)10-3-4(5)6;/h4-7,10,14-15,17,25-27,30,32H,1-3H3,(H2,23,31);3H,1-2H3;1H2/t7-,10+,14+,15-,17-,22-;;/m0../s1. The Morgan fingerprint density at radius 3 is 2.18 bits per heavy atom. The summed E-state index contributed by atoms with van der Waals surface area (Å²) in [5.74, 6) is -8.87. The van der Waals surface area contributed by atoms with Gasteiger partial charge in [-0.05, 0) is 31.6 Å². The molecular formula is C26H33Cl2N2O13P. The number of carbonyl (C=O) groups excluding carboxylic acids is 3. The van der Waals surface area contributed by atoms with Gasteiger partial charge in [-0.2, -0.15) is 0 Å². The van der Waals surface area contributed by atoms with E-state index in [1.54, 1.807) is 19.1 Å². The first-order chi connectivity index (χ1) is 19.9. The van der Waals surface area contributed by atoms with Crippen LogP contribution in [0.3, 0.4) is 0 Å². The van der Waals surface area contributed by atoms with Gasteiger partial charge in [-0.1, -0.05) is 42.3 Å². The minimum atomic E-state index is -3.48. The minimum Gasteiger partial charge on any atom is -0.508 e. The second-order valence-electron chi connectivity index (χ2n) is 10.1. The number of aromatic hydroxyl groups is 1. The predicted octanol–water partition coefficient (Wildman–Crippen LogP) is 1.35. The molecule has 0 saturated heterocycles. The molecule has 0 radical (unpaired) electrons. The molecule has 1 aromatic carbocycles. The van der Waals surface area contributed by atoms with Crippen LogP contribution in [0, 0.1) is 11.8 Å². The van der Waals surface area contributed by atoms with Crippen LogP contribution >= 0.6 is 31.0 Å². The highest BCUT2D eigenvalue weighted by Gasteiger charge is 2.68. The van der Waals surface area contributed by atoms with Gasteiger partial charge >= 0.3 is 7.82 Å². The molecule has 1 amide bonds. The van der Waals surface area contributed by atoms with Gasteiger partial charge in [-0.15, -0.1) is 0 Å². The molecule has 0 unspecified atom stereocenters. The fraction of sp³-hybridized carbons (Fsp3) is 0.423. The number of rotatable bonds is 6. The number of ketones is 2. The molecule has 0 aliphatic heterocycles. The zero-order valence-corrected chi connectivity index (χ0v) is 26.4. The number of benzene rings is 1. The van der Waals surface area contributed by atoms with Crippen molar-refractivity contribution in [1.82, 2.24) is 4.90 Å². The number of fused-ring (bicyclic) bond motifs is 3. The minimum absolute atomic E-state index is 0. The third-order valence-corrected chi connectivity index (χ3v) is 9.15. The number of phenolic OH excluding ortho intramolecular Hbond substituents is 1. The molecule has 9 N–H and O–H groups in total. The topological polar surface area (TPSA) is 258 Å². The number of aliphatic hydroxyl groups is 4. The largest absolute Gasteiger partial charge is 0.529 e. The monoisotopic (exact) mass is 682 g/mol. The van der Waals surface area contributed by atoms with Crippen LogP contribution in [0.2, 0.25) is 0 Å². The number of hydrogen-bond acceptors (Lipinski definition) is 13. The molecule has 0 heterocycles. The molecule has 0 spiro atoms. The van der Waals surface area contributed by atoms with Gasteiger partial charge in [0.1, 0.15) is 33.6 Å². The van der Waals surface area contributed by atoms with E-state index >= 15 is 0 Å². The zero-order valence-electron chi connectivity index (χ0n) is 24.0. The average molecular weight is 683 g/mol. The van der Waals surface area contributed by atoms with Crippen molar-refractivity contribution in [3.8, 4) is 5.75 Å². The first kappa shape index (κ1) is 37.2. The van der Waals surface area contributed by atoms with Crippen molar-refractivity contribution in [2.45, 2.75) is 30.6 Å². The lowest BCUT2D eigenvalue weighted by atomic mass is 9.54. The lowest BCUT2D eigenvalue weighted by Crippen LogP contribution is -2.70. The molecule has 0 bridgehead atoms. The summed E-state index contributed by atoms with van der Waals surface area (Å²) in [6.07, 6.45) is -0.718. The van der Waals surface area contributed by atoms with Gasteiger partial charge < -0.3 is 41.3 Å². The summed E-state index contributed by atoms with van der Waals surface area (Å²) in [5, 5.41) is 54.9. The smallest absolute Gasteiger partial charge is 0.508 e. The summed E-state index contributed by atoms with van der Waals surface area (Å²) in [4.78, 5) is 40.0. The van der Waals surface area contributed by atoms with Crippen LogP contribution in [0.25, 0.3) is 5.76 Å². The molecule has 3 aliphatic rings. The van der Waals surface area contributed by atoms with Crippen LogP contribution in [-0.2, 0) is 32.5 Å². The molecule has 1 fully saturated rings. The molecule has 3 aliphatic carbocycles. The Morgan fingerprint density at radius 2 is 1.70 bits per heavy atom. The molecular weight excluding hydrogens is 650 g/mol. The van der Waals surface area contributed by atoms with Gasteiger partial charge in [0.05, 0.1) is 23.6 Å². The van der Waals surface area contributed by atoms with E-state index in [4.69, 9.17) is 28.9 Å². The first-order valence-corrected chi connectivity index (χ1v) is 14.7. The van der Waals surface area contributed by atoms with Crippen LogP contribution in [0.1, 0.15) is 24.0 Å². The Bertz CT molecular complexity index is 1480. The molecule has 18 heteroatoms. The van der Waals surface area contributed by atoms with Crippen molar-refractivity contribution in [2.75, 3.05) is 28.3 Å². The Balaban J connectivity index is 0.000000483. The fourth-order valence-electron chi connectivity index (χ4n) is 5.84. The van der Waals surface area contributed by atoms with Crippen molar-refractivity contribution in [3.63, 3.8) is 0 Å². The van der Waals surface area contributed by atoms with Gasteiger partial charge in [0.25, 0.3) is 5.91 Å². The van der Waals surface area contributed by atoms with Crippen LogP contribution < -0.4 is 5.73 Å². The summed E-state index contributed by atoms with van der Waals surface area (Å²) in [6.45, 7) is 1.68. The van der Waals surface area contributed by atoms with E-state index in [0.717, 1.165) is 6.26 Å². The predicted molar refractivity (Wildman–Crippen MR) is 156 cm³/mol. The molecule has 244 valence electrons. The van der Waals surface area contributed by atoms with Crippen LogP contribution in [0.5, 0.6) is 5.75 Å². The quantitative estimate of drug-likeness (QED) is 0.141. The number of halogens is 2. The van der Waals surface area contributed by atoms with E-state index in [1.807, 2.05) is 0 Å². The van der Waals surface area contributed by atoms with E-state index < -0.39 is 83.5 Å². The van der Waals surface area contributed by atoms with E-state index in [0.29, 0.717) is 5.56 Å². The molecule has 44 heavy (non-hydrogen) atoms. The number of phosphoric acid groups is 1. The summed E-state index contributed by atoms with van der Waals surface area (Å²) in [7, 11) is 1.80. The number of likely N-dealkylation sites (N-methyl/N-ethyl adjacent to an activating group) is 1. The number of amides is 1. The number of aliphatic hydroxyl groups excluding tert-OH is 3. The van der Waals surface area contributed by atoms with Crippen molar-refractivity contribution in [3.05, 3.63) is 57.0 Å². The maximum Gasteiger partial charge on any atom is 0.529 e. The SMILES string of the molecule is COP(=O)(OC)OC=C(Cl)Cl.C[C@H]1c2cccc(O)c2C(O)=C2C(=O)[C@]3(O)C(O)=C(C(N)=O)C(=O)[C@@H](N(C)C)[C@@H]3[C@@H](O)[C@@H]21.O. The summed E-state index contributed by atoms with van der Waals surface area (Å²) in [6, 6.07) is 3.13. The van der Waals surface area contributed by atoms with E-state index in [-0.39, 0.29) is 21.3 Å². The van der Waals surface area contributed by atoms with Crippen LogP contribution in [0.15, 0.2) is 45.9 Å². The van der Waals surface area contributed by atoms with Crippen LogP contribution in [-0.4, -0.2) is 99.4 Å². The molecule has 0 aromatic heterocycles. The van der Waals surface area contributed by atoms with Gasteiger partial charge in [0, 0.05) is 25.7 Å². The number of Topliss-reactive ketones (excluding diaryl/α,β-unsaturated/α-hetero) is 2. The molecule has 6 atom stereocenters. The van der Waals surface area contributed by atoms with Gasteiger partial charge in [0.15, 0.2) is 11.4 Å². The number of nitrogens with two attached hydrogens (primary N) is 1. The summed E-state index contributed by atoms with van der Waals surface area (Å²) >= 11 is 10.3. The van der Waals surface area contributed by atoms with Gasteiger partial charge in [-0.3, -0.25) is 28.3 Å². The van der Waals surface area contributed by atoms with Crippen LogP contribution in [0.4, 0.5) is 0 Å². The average Bonchev–Trinajstić information content (AvgIpc) is 2.93. The zero-order chi connectivity index (χ0) is 32.8. The number of phosphoric ester groups is 1. The van der Waals surface area contributed by atoms with Gasteiger partial charge in [0.2, 0.25) is 5.78 Å². The second-order valence-corrected chi connectivity index (χ2v) is 13.0. The van der Waals surface area contributed by atoms with Crippen molar-refractivity contribution in [2.24, 2.45) is 17.6 Å². The highest BCUT2D eigenvalue weighted by atomic mass is 35.5. The van der Waals surface area contributed by atoms with E-state index in [2.05, 4.69) is 13.6 Å². The van der Waals surface area contributed by atoms with Crippen molar-refractivity contribution < 1.29 is 63.5 Å². The maximum absolute atomic E-state index is 13.7. The Morgan fingerprint density at radius 1 is 1.14 bits per heavy atom. The third-order valence-electron chi connectivity index (χ3n) is 7.71. The summed E-state index contributed by atoms with van der Waals surface area (Å²) in [5.41, 5.74) is 1.47. The van der Waals surface area contributed by atoms with Gasteiger partial charge in [-0.25, -0.2) is 4.57 Å². The molecule has 4 rings (SSSR count). The molecule has 1 saturated carbocycles. The number of hydrogen-bond donors (Lipinski definition) is 6. The van der Waals surface area contributed by atoms with Crippen molar-refractivity contribution >= 4 is 54.3 Å². The second kappa shape index (κ2) is 13.6. The third kappa shape index (κ3) is 5.99. The summed E-state index contributed by atoms with van der Waals surface area (Å²) < 4.78 is 24.1. The maximum atomic E-state index is 13.7. The van der Waals surface area contributed by atoms with E-state index in [9.17, 15) is 44.5 Å². The Labute approximate surface area is 261 Å². The Hall–Kier alpha value is -2.98. The highest BCUT2D eigenvalue weighted by molar-refractivity contribution is 7.48. The lowest BCUT2D eigenvalue weighted by molar-refractivity contribution is -0.169. The number of nitrogens with zero attached hydrogens (tertiary/aromatic N) is 1. The van der Waals surface area contributed by atoms with Crippen molar-refractivity contribution in [1.29, 1.82) is 0 Å². The first-order valence-electron chi connectivity index (χ1n) is 12.5.